The minimum Gasteiger partial charge on any atom is -0.347 e. The number of amides is 1. The van der Waals surface area contributed by atoms with E-state index in [9.17, 15) is 4.79 Å². The largest absolute Gasteiger partial charge is 0.347 e. The van der Waals surface area contributed by atoms with Gasteiger partial charge < -0.3 is 5.32 Å². The summed E-state index contributed by atoms with van der Waals surface area (Å²) in [6, 6.07) is 3.75. The van der Waals surface area contributed by atoms with E-state index < -0.39 is 0 Å². The van der Waals surface area contributed by atoms with E-state index in [1.54, 1.807) is 17.8 Å². The van der Waals surface area contributed by atoms with Crippen molar-refractivity contribution >= 4 is 17.2 Å². The van der Waals surface area contributed by atoms with Gasteiger partial charge in [-0.1, -0.05) is 13.8 Å². The summed E-state index contributed by atoms with van der Waals surface area (Å²) in [6.07, 6.45) is 3.42. The van der Waals surface area contributed by atoms with Crippen LogP contribution in [0.15, 0.2) is 29.9 Å². The van der Waals surface area contributed by atoms with E-state index in [4.69, 9.17) is 0 Å². The van der Waals surface area contributed by atoms with Crippen molar-refractivity contribution in [2.45, 2.75) is 26.3 Å². The van der Waals surface area contributed by atoms with Crippen LogP contribution in [0.25, 0.3) is 0 Å². The lowest BCUT2D eigenvalue weighted by Crippen LogP contribution is -2.23. The monoisotopic (exact) mass is 261 g/mol. The average molecular weight is 261 g/mol. The lowest BCUT2D eigenvalue weighted by Gasteiger charge is -2.02. The van der Waals surface area contributed by atoms with E-state index in [1.807, 2.05) is 12.1 Å². The second-order valence-corrected chi connectivity index (χ2v) is 5.15. The Labute approximate surface area is 110 Å². The number of carbonyl (C=O) groups excluding carboxylic acids is 1. The smallest absolute Gasteiger partial charge is 0.271 e. The Kier molecular flexibility index (Phi) is 4.04. The Hall–Kier alpha value is -1.75. The molecule has 1 N–H and O–H groups in total. The summed E-state index contributed by atoms with van der Waals surface area (Å²) in [5, 5.41) is 5.64. The highest BCUT2D eigenvalue weighted by Crippen LogP contribution is 2.18. The third-order valence-electron chi connectivity index (χ3n) is 2.45. The molecule has 4 nitrogen and oxygen atoms in total. The summed E-state index contributed by atoms with van der Waals surface area (Å²) in [6.45, 7) is 4.63. The minimum atomic E-state index is -0.130. The number of nitrogens with zero attached hydrogens (tertiary/aromatic N) is 2. The summed E-state index contributed by atoms with van der Waals surface area (Å²) < 4.78 is 0. The van der Waals surface area contributed by atoms with Crippen LogP contribution < -0.4 is 5.32 Å². The maximum absolute atomic E-state index is 11.9. The summed E-state index contributed by atoms with van der Waals surface area (Å²) in [5.41, 5.74) is 1.52. The SMILES string of the molecule is CC(C)c1nc(C(=O)NCc2ccncc2)cs1. The fourth-order valence-corrected chi connectivity index (χ4v) is 2.25. The highest BCUT2D eigenvalue weighted by atomic mass is 32.1. The molecule has 2 heterocycles. The summed E-state index contributed by atoms with van der Waals surface area (Å²) >= 11 is 1.53. The molecule has 18 heavy (non-hydrogen) atoms. The van der Waals surface area contributed by atoms with Gasteiger partial charge in [0.1, 0.15) is 5.69 Å². The Balaban J connectivity index is 1.95. The highest BCUT2D eigenvalue weighted by Gasteiger charge is 2.11. The number of pyridine rings is 1. The van der Waals surface area contributed by atoms with Crippen LogP contribution in [0.2, 0.25) is 0 Å². The Bertz CT molecular complexity index is 522. The molecule has 2 rings (SSSR count). The van der Waals surface area contributed by atoms with Crippen LogP contribution in [0.3, 0.4) is 0 Å². The molecule has 0 saturated carbocycles. The molecule has 0 aliphatic carbocycles. The zero-order chi connectivity index (χ0) is 13.0. The maximum atomic E-state index is 11.9. The number of rotatable bonds is 4. The number of hydrogen-bond donors (Lipinski definition) is 1. The van der Waals surface area contributed by atoms with Crippen LogP contribution in [-0.2, 0) is 6.54 Å². The molecule has 1 amide bonds. The van der Waals surface area contributed by atoms with Gasteiger partial charge in [-0.15, -0.1) is 11.3 Å². The Morgan fingerprint density at radius 3 is 2.72 bits per heavy atom. The molecule has 0 spiro atoms. The molecule has 5 heteroatoms. The fourth-order valence-electron chi connectivity index (χ4n) is 1.43. The van der Waals surface area contributed by atoms with Crippen molar-refractivity contribution < 1.29 is 4.79 Å². The summed E-state index contributed by atoms with van der Waals surface area (Å²) in [7, 11) is 0. The molecule has 0 unspecified atom stereocenters. The zero-order valence-corrected chi connectivity index (χ0v) is 11.2. The van der Waals surface area contributed by atoms with Gasteiger partial charge in [-0.3, -0.25) is 9.78 Å². The van der Waals surface area contributed by atoms with Crippen LogP contribution in [-0.4, -0.2) is 15.9 Å². The first kappa shape index (κ1) is 12.7. The van der Waals surface area contributed by atoms with Gasteiger partial charge in [0.15, 0.2) is 0 Å². The first-order chi connectivity index (χ1) is 8.66. The standard InChI is InChI=1S/C13H15N3OS/c1-9(2)13-16-11(8-18-13)12(17)15-7-10-3-5-14-6-4-10/h3-6,8-9H,7H2,1-2H3,(H,15,17). The van der Waals surface area contributed by atoms with Gasteiger partial charge in [-0.2, -0.15) is 0 Å². The third-order valence-corrected chi connectivity index (χ3v) is 3.60. The molecule has 0 fully saturated rings. The van der Waals surface area contributed by atoms with Crippen molar-refractivity contribution in [1.29, 1.82) is 0 Å². The highest BCUT2D eigenvalue weighted by molar-refractivity contribution is 7.09. The number of aromatic nitrogens is 2. The number of thiazole rings is 1. The molecule has 0 radical (unpaired) electrons. The second-order valence-electron chi connectivity index (χ2n) is 4.26. The first-order valence-corrected chi connectivity index (χ1v) is 6.67. The number of carbonyl (C=O) groups is 1. The molecule has 0 aromatic carbocycles. The zero-order valence-electron chi connectivity index (χ0n) is 10.4. The van der Waals surface area contributed by atoms with E-state index in [0.29, 0.717) is 18.2 Å². The van der Waals surface area contributed by atoms with E-state index in [1.165, 1.54) is 11.3 Å². The first-order valence-electron chi connectivity index (χ1n) is 5.79. The van der Waals surface area contributed by atoms with Gasteiger partial charge in [0.25, 0.3) is 5.91 Å². The van der Waals surface area contributed by atoms with E-state index >= 15 is 0 Å². The third kappa shape index (κ3) is 3.13. The van der Waals surface area contributed by atoms with Gasteiger partial charge in [0, 0.05) is 30.2 Å². The molecule has 0 bridgehead atoms. The van der Waals surface area contributed by atoms with Gasteiger partial charge in [-0.25, -0.2) is 4.98 Å². The molecule has 0 aliphatic rings. The van der Waals surface area contributed by atoms with Crippen LogP contribution >= 0.6 is 11.3 Å². The van der Waals surface area contributed by atoms with Crippen molar-refractivity contribution in [2.24, 2.45) is 0 Å². The second kappa shape index (κ2) is 5.73. The van der Waals surface area contributed by atoms with Crippen molar-refractivity contribution in [2.75, 3.05) is 0 Å². The van der Waals surface area contributed by atoms with Gasteiger partial charge >= 0.3 is 0 Å². The van der Waals surface area contributed by atoms with E-state index in [-0.39, 0.29) is 5.91 Å². The molecule has 2 aromatic rings. The van der Waals surface area contributed by atoms with Gasteiger partial charge in [0.05, 0.1) is 5.01 Å². The molecule has 0 atom stereocenters. The molecule has 0 saturated heterocycles. The average Bonchev–Trinajstić information content (AvgIpc) is 2.87. The maximum Gasteiger partial charge on any atom is 0.271 e. The van der Waals surface area contributed by atoms with Crippen LogP contribution in [0.1, 0.15) is 40.8 Å². The van der Waals surface area contributed by atoms with Crippen molar-refractivity contribution in [3.8, 4) is 0 Å². The van der Waals surface area contributed by atoms with Crippen molar-refractivity contribution in [3.63, 3.8) is 0 Å². The van der Waals surface area contributed by atoms with Gasteiger partial charge in [0.2, 0.25) is 0 Å². The van der Waals surface area contributed by atoms with Gasteiger partial charge in [-0.05, 0) is 17.7 Å². The lowest BCUT2D eigenvalue weighted by atomic mass is 10.2. The topological polar surface area (TPSA) is 54.9 Å². The van der Waals surface area contributed by atoms with E-state index in [0.717, 1.165) is 10.6 Å². The molecular weight excluding hydrogens is 246 g/mol. The van der Waals surface area contributed by atoms with Crippen molar-refractivity contribution in [1.82, 2.24) is 15.3 Å². The van der Waals surface area contributed by atoms with Crippen molar-refractivity contribution in [3.05, 3.63) is 46.2 Å². The predicted octanol–water partition coefficient (Wildman–Crippen LogP) is 2.59. The molecule has 94 valence electrons. The lowest BCUT2D eigenvalue weighted by molar-refractivity contribution is 0.0946. The van der Waals surface area contributed by atoms with Crippen LogP contribution in [0.4, 0.5) is 0 Å². The normalized spacial score (nSPS) is 10.6. The minimum absolute atomic E-state index is 0.130. The fraction of sp³-hybridized carbons (Fsp3) is 0.308. The van der Waals surface area contributed by atoms with Crippen LogP contribution in [0, 0.1) is 0 Å². The predicted molar refractivity (Wildman–Crippen MR) is 71.6 cm³/mol. The number of nitrogens with one attached hydrogen (secondary N) is 1. The summed E-state index contributed by atoms with van der Waals surface area (Å²) in [5.74, 6) is 0.228. The number of hydrogen-bond acceptors (Lipinski definition) is 4. The molecular formula is C13H15N3OS. The Morgan fingerprint density at radius 1 is 1.39 bits per heavy atom. The van der Waals surface area contributed by atoms with E-state index in [2.05, 4.69) is 29.1 Å². The molecule has 2 aromatic heterocycles. The Morgan fingerprint density at radius 2 is 2.11 bits per heavy atom. The summed E-state index contributed by atoms with van der Waals surface area (Å²) in [4.78, 5) is 20.1. The molecule has 0 aliphatic heterocycles. The van der Waals surface area contributed by atoms with Crippen LogP contribution in [0.5, 0.6) is 0 Å². The quantitative estimate of drug-likeness (QED) is 0.920.